The van der Waals surface area contributed by atoms with Gasteiger partial charge in [-0.15, -0.1) is 0 Å². The smallest absolute Gasteiger partial charge is 0.138 e. The molecule has 1 aromatic rings. The number of halogens is 2. The number of hydrogen-bond donors (Lipinski definition) is 1. The fourth-order valence-electron chi connectivity index (χ4n) is 2.80. The SMILES string of the molecule is COc1cc(Cl)c(C(O)CCC2CCCC2)cc1Cl. The molecule has 0 amide bonds. The van der Waals surface area contributed by atoms with E-state index in [9.17, 15) is 5.11 Å². The highest BCUT2D eigenvalue weighted by molar-refractivity contribution is 6.34. The first-order valence-corrected chi connectivity index (χ1v) is 7.58. The predicted molar refractivity (Wildman–Crippen MR) is 79.2 cm³/mol. The second-order valence-corrected chi connectivity index (χ2v) is 6.07. The van der Waals surface area contributed by atoms with E-state index in [1.807, 2.05) is 0 Å². The van der Waals surface area contributed by atoms with Gasteiger partial charge in [-0.1, -0.05) is 48.9 Å². The quantitative estimate of drug-likeness (QED) is 0.829. The zero-order valence-corrected chi connectivity index (χ0v) is 12.7. The topological polar surface area (TPSA) is 29.5 Å². The van der Waals surface area contributed by atoms with Crippen LogP contribution in [0.3, 0.4) is 0 Å². The van der Waals surface area contributed by atoms with E-state index < -0.39 is 6.10 Å². The van der Waals surface area contributed by atoms with E-state index in [0.29, 0.717) is 21.4 Å². The van der Waals surface area contributed by atoms with Gasteiger partial charge in [0.1, 0.15) is 5.75 Å². The first-order valence-electron chi connectivity index (χ1n) is 6.82. The Bertz CT molecular complexity index is 428. The fourth-order valence-corrected chi connectivity index (χ4v) is 3.33. The van der Waals surface area contributed by atoms with Crippen molar-refractivity contribution in [3.05, 3.63) is 27.7 Å². The molecule has 0 aromatic heterocycles. The molecule has 0 saturated heterocycles. The molecular weight excluding hydrogens is 283 g/mol. The van der Waals surface area contributed by atoms with Crippen LogP contribution >= 0.6 is 23.2 Å². The first-order chi connectivity index (χ1) is 9.11. The van der Waals surface area contributed by atoms with Gasteiger partial charge in [0.15, 0.2) is 0 Å². The van der Waals surface area contributed by atoms with Crippen LogP contribution in [0, 0.1) is 5.92 Å². The fraction of sp³-hybridized carbons (Fsp3) is 0.600. The summed E-state index contributed by atoms with van der Waals surface area (Å²) in [4.78, 5) is 0. The van der Waals surface area contributed by atoms with E-state index in [1.54, 1.807) is 19.2 Å². The molecule has 1 saturated carbocycles. The van der Waals surface area contributed by atoms with Crippen LogP contribution in [-0.2, 0) is 0 Å². The molecule has 0 radical (unpaired) electrons. The van der Waals surface area contributed by atoms with Crippen molar-refractivity contribution in [2.24, 2.45) is 5.92 Å². The van der Waals surface area contributed by atoms with Crippen molar-refractivity contribution < 1.29 is 9.84 Å². The molecule has 1 aliphatic carbocycles. The molecule has 1 N–H and O–H groups in total. The molecule has 0 aliphatic heterocycles. The molecule has 0 heterocycles. The van der Waals surface area contributed by atoms with Crippen LogP contribution in [0.25, 0.3) is 0 Å². The maximum absolute atomic E-state index is 10.3. The van der Waals surface area contributed by atoms with Gasteiger partial charge in [-0.2, -0.15) is 0 Å². The minimum absolute atomic E-state index is 0.488. The Morgan fingerprint density at radius 1 is 1.26 bits per heavy atom. The van der Waals surface area contributed by atoms with Gasteiger partial charge in [0.25, 0.3) is 0 Å². The lowest BCUT2D eigenvalue weighted by Crippen LogP contribution is -2.03. The molecule has 106 valence electrons. The van der Waals surface area contributed by atoms with Gasteiger partial charge < -0.3 is 9.84 Å². The van der Waals surface area contributed by atoms with Crippen molar-refractivity contribution in [3.63, 3.8) is 0 Å². The summed E-state index contributed by atoms with van der Waals surface area (Å²) in [6.07, 6.45) is 6.50. The minimum Gasteiger partial charge on any atom is -0.495 e. The summed E-state index contributed by atoms with van der Waals surface area (Å²) >= 11 is 12.2. The monoisotopic (exact) mass is 302 g/mol. The van der Waals surface area contributed by atoms with Crippen LogP contribution in [0.15, 0.2) is 12.1 Å². The highest BCUT2D eigenvalue weighted by Crippen LogP contribution is 2.37. The Labute approximate surface area is 124 Å². The van der Waals surface area contributed by atoms with E-state index in [2.05, 4.69) is 0 Å². The van der Waals surface area contributed by atoms with Crippen LogP contribution in [0.2, 0.25) is 10.0 Å². The van der Waals surface area contributed by atoms with Crippen molar-refractivity contribution in [1.29, 1.82) is 0 Å². The van der Waals surface area contributed by atoms with Crippen LogP contribution in [-0.4, -0.2) is 12.2 Å². The maximum Gasteiger partial charge on any atom is 0.138 e. The van der Waals surface area contributed by atoms with Gasteiger partial charge in [0.2, 0.25) is 0 Å². The Morgan fingerprint density at radius 2 is 1.95 bits per heavy atom. The summed E-state index contributed by atoms with van der Waals surface area (Å²) in [7, 11) is 1.55. The molecule has 2 rings (SSSR count). The number of ether oxygens (including phenoxy) is 1. The lowest BCUT2D eigenvalue weighted by molar-refractivity contribution is 0.157. The van der Waals surface area contributed by atoms with E-state index in [1.165, 1.54) is 25.7 Å². The van der Waals surface area contributed by atoms with Crippen LogP contribution in [0.1, 0.15) is 50.2 Å². The molecule has 1 aliphatic rings. The summed E-state index contributed by atoms with van der Waals surface area (Å²) in [6, 6.07) is 3.38. The maximum atomic E-state index is 10.3. The van der Waals surface area contributed by atoms with E-state index in [4.69, 9.17) is 27.9 Å². The van der Waals surface area contributed by atoms with Gasteiger partial charge in [0.05, 0.1) is 23.3 Å². The van der Waals surface area contributed by atoms with E-state index >= 15 is 0 Å². The van der Waals surface area contributed by atoms with Gasteiger partial charge in [0, 0.05) is 11.6 Å². The molecule has 1 unspecified atom stereocenters. The Kier molecular flexibility index (Phi) is 5.37. The summed E-state index contributed by atoms with van der Waals surface area (Å²) in [5.41, 5.74) is 0.700. The standard InChI is InChI=1S/C15H20Cl2O2/c1-19-15-9-12(16)11(8-13(15)17)14(18)7-6-10-4-2-3-5-10/h8-10,14,18H,2-7H2,1H3. The average Bonchev–Trinajstić information content (AvgIpc) is 2.91. The minimum atomic E-state index is -0.545. The van der Waals surface area contributed by atoms with Crippen molar-refractivity contribution in [2.45, 2.75) is 44.6 Å². The molecule has 1 atom stereocenters. The Hall–Kier alpha value is -0.440. The number of aliphatic hydroxyl groups is 1. The molecule has 1 aromatic carbocycles. The first kappa shape index (κ1) is 15.0. The van der Waals surface area contributed by atoms with Crippen molar-refractivity contribution in [2.75, 3.05) is 7.11 Å². The summed E-state index contributed by atoms with van der Waals surface area (Å²) in [5.74, 6) is 1.31. The van der Waals surface area contributed by atoms with Crippen LogP contribution in [0.4, 0.5) is 0 Å². The molecule has 2 nitrogen and oxygen atoms in total. The zero-order valence-electron chi connectivity index (χ0n) is 11.2. The number of hydrogen-bond acceptors (Lipinski definition) is 2. The summed E-state index contributed by atoms with van der Waals surface area (Å²) in [6.45, 7) is 0. The third-order valence-corrected chi connectivity index (χ3v) is 4.58. The molecule has 0 bridgehead atoms. The summed E-state index contributed by atoms with van der Waals surface area (Å²) < 4.78 is 5.10. The van der Waals surface area contributed by atoms with E-state index in [0.717, 1.165) is 18.8 Å². The highest BCUT2D eigenvalue weighted by atomic mass is 35.5. The van der Waals surface area contributed by atoms with Gasteiger partial charge >= 0.3 is 0 Å². The predicted octanol–water partition coefficient (Wildman–Crippen LogP) is 5.01. The molecule has 4 heteroatoms. The number of methoxy groups -OCH3 is 1. The average molecular weight is 303 g/mol. The van der Waals surface area contributed by atoms with Crippen LogP contribution < -0.4 is 4.74 Å². The van der Waals surface area contributed by atoms with Crippen molar-refractivity contribution in [3.8, 4) is 5.75 Å². The zero-order chi connectivity index (χ0) is 13.8. The Balaban J connectivity index is 2.01. The molecule has 0 spiro atoms. The van der Waals surface area contributed by atoms with Crippen molar-refractivity contribution >= 4 is 23.2 Å². The normalized spacial score (nSPS) is 17.7. The summed E-state index contributed by atoms with van der Waals surface area (Å²) in [5, 5.41) is 11.3. The third-order valence-electron chi connectivity index (χ3n) is 3.95. The molecule has 19 heavy (non-hydrogen) atoms. The second-order valence-electron chi connectivity index (χ2n) is 5.25. The number of benzene rings is 1. The van der Waals surface area contributed by atoms with E-state index in [-0.39, 0.29) is 0 Å². The van der Waals surface area contributed by atoms with Gasteiger partial charge in [-0.05, 0) is 24.8 Å². The van der Waals surface area contributed by atoms with Gasteiger partial charge in [-0.3, -0.25) is 0 Å². The highest BCUT2D eigenvalue weighted by Gasteiger charge is 2.19. The lowest BCUT2D eigenvalue weighted by atomic mass is 9.96. The molecular formula is C15H20Cl2O2. The second kappa shape index (κ2) is 6.83. The lowest BCUT2D eigenvalue weighted by Gasteiger charge is -2.16. The van der Waals surface area contributed by atoms with Crippen molar-refractivity contribution in [1.82, 2.24) is 0 Å². The largest absolute Gasteiger partial charge is 0.495 e. The molecule has 1 fully saturated rings. The number of rotatable bonds is 5. The van der Waals surface area contributed by atoms with Crippen LogP contribution in [0.5, 0.6) is 5.75 Å². The third kappa shape index (κ3) is 3.77. The van der Waals surface area contributed by atoms with Gasteiger partial charge in [-0.25, -0.2) is 0 Å². The number of aliphatic hydroxyl groups excluding tert-OH is 1. The Morgan fingerprint density at radius 3 is 2.58 bits per heavy atom.